The molecule has 0 heterocycles. The molecule has 0 radical (unpaired) electrons. The molecule has 0 aromatic carbocycles. The molecule has 1 unspecified atom stereocenters. The van der Waals surface area contributed by atoms with Crippen molar-refractivity contribution in [3.8, 4) is 0 Å². The van der Waals surface area contributed by atoms with E-state index in [1.165, 1.54) is 0 Å². The first-order valence-corrected chi connectivity index (χ1v) is 12.1. The predicted molar refractivity (Wildman–Crippen MR) is 98.7 cm³/mol. The van der Waals surface area contributed by atoms with Gasteiger partial charge in [0.05, 0.1) is 6.61 Å². The van der Waals surface area contributed by atoms with Gasteiger partial charge in [0.1, 0.15) is 0 Å². The Labute approximate surface area is 144 Å². The van der Waals surface area contributed by atoms with Crippen molar-refractivity contribution in [2.75, 3.05) is 25.4 Å². The summed E-state index contributed by atoms with van der Waals surface area (Å²) in [6.45, 7) is 12.8. The van der Waals surface area contributed by atoms with E-state index in [-0.39, 0.29) is 5.91 Å². The smallest absolute Gasteiger partial charge is 0.415 e. The van der Waals surface area contributed by atoms with Gasteiger partial charge in [-0.15, -0.1) is 0 Å². The van der Waals surface area contributed by atoms with Gasteiger partial charge in [-0.1, -0.05) is 32.2 Å². The summed E-state index contributed by atoms with van der Waals surface area (Å²) in [5.41, 5.74) is -2.56. The summed E-state index contributed by atoms with van der Waals surface area (Å²) in [5.74, 6) is 1.23. The minimum atomic E-state index is -2.56. The van der Waals surface area contributed by atoms with Crippen LogP contribution in [-0.2, 0) is 21.3 Å². The van der Waals surface area contributed by atoms with Gasteiger partial charge in [0.2, 0.25) is 5.91 Å². The van der Waals surface area contributed by atoms with E-state index in [1.807, 2.05) is 20.8 Å². The number of carbonyl (C=O) groups is 2. The molecule has 0 aliphatic carbocycles. The zero-order valence-corrected chi connectivity index (χ0v) is 17.0. The maximum atomic E-state index is 12.3. The van der Waals surface area contributed by atoms with Crippen molar-refractivity contribution in [3.05, 3.63) is 0 Å². The lowest BCUT2D eigenvalue weighted by atomic mass is 10.3. The van der Waals surface area contributed by atoms with Crippen molar-refractivity contribution in [1.82, 2.24) is 9.34 Å². The molecule has 0 aromatic rings. The van der Waals surface area contributed by atoms with Crippen LogP contribution in [0.15, 0.2) is 0 Å². The number of nitrogens with zero attached hydrogens (tertiary/aromatic N) is 2. The third-order valence-corrected chi connectivity index (χ3v) is 10.9. The maximum Gasteiger partial charge on any atom is 0.415 e. The number of rotatable bonds is 9. The minimum Gasteiger partial charge on any atom is -0.449 e. The maximum absolute atomic E-state index is 12.3. The summed E-state index contributed by atoms with van der Waals surface area (Å²) in [7, 11) is 0. The number of hydrogen-bond acceptors (Lipinski definition) is 5. The third-order valence-electron chi connectivity index (χ3n) is 2.85. The third kappa shape index (κ3) is 5.74. The van der Waals surface area contributed by atoms with E-state index in [9.17, 15) is 9.59 Å². The molecular weight excluding hydrogens is 339 g/mol. The first kappa shape index (κ1) is 21.7. The highest BCUT2D eigenvalue weighted by molar-refractivity contribution is 8.69. The fourth-order valence-corrected chi connectivity index (χ4v) is 9.43. The van der Waals surface area contributed by atoms with Crippen molar-refractivity contribution in [3.63, 3.8) is 0 Å². The molecule has 1 atom stereocenters. The van der Waals surface area contributed by atoms with Gasteiger partial charge >= 0.3 is 6.09 Å². The van der Waals surface area contributed by atoms with Crippen LogP contribution in [0, 0.1) is 5.92 Å². The molecule has 8 heteroatoms. The molecule has 0 rings (SSSR count). The molecule has 0 bridgehead atoms. The van der Waals surface area contributed by atoms with Crippen molar-refractivity contribution in [2.24, 2.45) is 5.92 Å². The Kier molecular flexibility index (Phi) is 10.4. The summed E-state index contributed by atoms with van der Waals surface area (Å²) in [5, 5.41) is 0. The van der Waals surface area contributed by atoms with Crippen LogP contribution in [0.25, 0.3) is 0 Å². The Morgan fingerprint density at radius 2 is 1.68 bits per heavy atom. The fourth-order valence-electron chi connectivity index (χ4n) is 1.80. The molecule has 0 aliphatic heterocycles. The van der Waals surface area contributed by atoms with Crippen LogP contribution in [0.2, 0.25) is 0 Å². The summed E-state index contributed by atoms with van der Waals surface area (Å²) in [6.07, 6.45) is -0.0403. The number of amides is 2. The fraction of sp³-hybridized carbons (Fsp3) is 0.857. The molecular formula is C14H29N2O3PS2. The van der Waals surface area contributed by atoms with E-state index in [2.05, 4.69) is 13.8 Å². The Balaban J connectivity index is 5.68. The molecule has 0 aromatic heterocycles. The van der Waals surface area contributed by atoms with E-state index in [0.717, 1.165) is 5.75 Å². The summed E-state index contributed by atoms with van der Waals surface area (Å²) >= 11 is 7.45. The van der Waals surface area contributed by atoms with Crippen molar-refractivity contribution >= 4 is 40.7 Å². The van der Waals surface area contributed by atoms with Crippen LogP contribution >= 0.6 is 16.9 Å². The van der Waals surface area contributed by atoms with E-state index < -0.39 is 11.6 Å². The molecule has 2 amide bonds. The summed E-state index contributed by atoms with van der Waals surface area (Å²) in [6, 6.07) is 0. The molecule has 0 saturated carbocycles. The topological polar surface area (TPSA) is 49.9 Å². The second kappa shape index (κ2) is 10.5. The lowest BCUT2D eigenvalue weighted by molar-refractivity contribution is -0.126. The van der Waals surface area contributed by atoms with Crippen molar-refractivity contribution < 1.29 is 14.3 Å². The van der Waals surface area contributed by atoms with E-state index in [0.29, 0.717) is 32.0 Å². The van der Waals surface area contributed by atoms with Gasteiger partial charge < -0.3 is 4.74 Å². The zero-order chi connectivity index (χ0) is 17.3. The lowest BCUT2D eigenvalue weighted by Crippen LogP contribution is -2.37. The molecule has 22 heavy (non-hydrogen) atoms. The normalized spacial score (nSPS) is 13.6. The second-order valence-electron chi connectivity index (χ2n) is 5.06. The highest BCUT2D eigenvalue weighted by Gasteiger charge is 2.38. The van der Waals surface area contributed by atoms with E-state index >= 15 is 0 Å². The highest BCUT2D eigenvalue weighted by Crippen LogP contribution is 2.65. The average Bonchev–Trinajstić information content (AvgIpc) is 2.46. The molecule has 5 nitrogen and oxygen atoms in total. The Hall–Kier alpha value is -0.260. The van der Waals surface area contributed by atoms with Gasteiger partial charge in [0.25, 0.3) is 0 Å². The van der Waals surface area contributed by atoms with Crippen LogP contribution in [0.1, 0.15) is 48.0 Å². The molecule has 130 valence electrons. The Morgan fingerprint density at radius 1 is 1.14 bits per heavy atom. The van der Waals surface area contributed by atoms with Gasteiger partial charge in [-0.2, -0.15) is 0 Å². The molecule has 0 spiro atoms. The highest BCUT2D eigenvalue weighted by atomic mass is 32.9. The number of carbonyl (C=O) groups excluding carboxylic acids is 2. The van der Waals surface area contributed by atoms with Crippen LogP contribution in [-0.4, -0.2) is 46.8 Å². The Morgan fingerprint density at radius 3 is 2.05 bits per heavy atom. The van der Waals surface area contributed by atoms with Gasteiger partial charge in [0, 0.05) is 25.3 Å². The standard InChI is InChI=1S/C14H29N2O3PS2/c1-7-13(17)15(8-2)20(21,22-11-12(5)6)16(9-3)14(18)19-10-4/h12H,7-11H2,1-6H3. The zero-order valence-electron chi connectivity index (χ0n) is 14.5. The van der Waals surface area contributed by atoms with Crippen molar-refractivity contribution in [1.29, 1.82) is 0 Å². The number of ether oxygens (including phenoxy) is 1. The molecule has 0 saturated heterocycles. The van der Waals surface area contributed by atoms with Gasteiger partial charge in [-0.3, -0.25) is 14.1 Å². The lowest BCUT2D eigenvalue weighted by Gasteiger charge is -2.40. The molecule has 0 aliphatic rings. The van der Waals surface area contributed by atoms with Gasteiger partial charge in [-0.25, -0.2) is 4.79 Å². The Bertz CT molecular complexity index is 419. The summed E-state index contributed by atoms with van der Waals surface area (Å²) < 4.78 is 8.44. The SMILES string of the molecule is CCOC(=O)N(CC)P(=S)(SCC(C)C)N(CC)C(=O)CC. The van der Waals surface area contributed by atoms with E-state index in [4.69, 9.17) is 16.5 Å². The van der Waals surface area contributed by atoms with Gasteiger partial charge in [-0.05, 0) is 38.5 Å². The first-order chi connectivity index (χ1) is 10.3. The summed E-state index contributed by atoms with van der Waals surface area (Å²) in [4.78, 5) is 24.6. The minimum absolute atomic E-state index is 0.00941. The molecule has 0 fully saturated rings. The first-order valence-electron chi connectivity index (χ1n) is 7.78. The van der Waals surface area contributed by atoms with Gasteiger partial charge in [0.15, 0.2) is 5.54 Å². The van der Waals surface area contributed by atoms with Crippen LogP contribution in [0.4, 0.5) is 4.79 Å². The van der Waals surface area contributed by atoms with Crippen LogP contribution in [0.3, 0.4) is 0 Å². The van der Waals surface area contributed by atoms with E-state index in [1.54, 1.807) is 27.6 Å². The van der Waals surface area contributed by atoms with Crippen LogP contribution in [0.5, 0.6) is 0 Å². The average molecular weight is 369 g/mol. The molecule has 0 N–H and O–H groups in total. The second-order valence-corrected chi connectivity index (χ2v) is 12.1. The predicted octanol–water partition coefficient (Wildman–Crippen LogP) is 4.34. The largest absolute Gasteiger partial charge is 0.449 e. The van der Waals surface area contributed by atoms with Crippen molar-refractivity contribution in [2.45, 2.75) is 48.0 Å². The quantitative estimate of drug-likeness (QED) is 0.567. The number of hydrogen-bond donors (Lipinski definition) is 0. The van der Waals surface area contributed by atoms with Crippen LogP contribution < -0.4 is 0 Å². The monoisotopic (exact) mass is 368 g/mol.